The second-order valence-electron chi connectivity index (χ2n) is 3.86. The summed E-state index contributed by atoms with van der Waals surface area (Å²) in [5, 5.41) is 0. The standard InChI is InChI=1S/C15H13F2NO/c1-19-13-9-7-12(8-10-13)18-14(15(16)17)11-5-3-2-4-6-11/h2-10,15H,1H3. The third-order valence-corrected chi connectivity index (χ3v) is 2.60. The predicted octanol–water partition coefficient (Wildman–Crippen LogP) is 4.08. The molecule has 0 aliphatic rings. The van der Waals surface area contributed by atoms with Crippen LogP contribution in [-0.2, 0) is 0 Å². The Hall–Kier alpha value is -2.23. The highest BCUT2D eigenvalue weighted by atomic mass is 19.3. The largest absolute Gasteiger partial charge is 0.497 e. The zero-order valence-electron chi connectivity index (χ0n) is 10.4. The summed E-state index contributed by atoms with van der Waals surface area (Å²) in [7, 11) is 1.55. The molecule has 0 aromatic heterocycles. The maximum Gasteiger partial charge on any atom is 0.280 e. The smallest absolute Gasteiger partial charge is 0.280 e. The zero-order valence-corrected chi connectivity index (χ0v) is 10.4. The van der Waals surface area contributed by atoms with Gasteiger partial charge in [0.05, 0.1) is 12.8 Å². The van der Waals surface area contributed by atoms with Gasteiger partial charge in [0.15, 0.2) is 0 Å². The summed E-state index contributed by atoms with van der Waals surface area (Å²) in [6.07, 6.45) is -2.62. The van der Waals surface area contributed by atoms with E-state index in [9.17, 15) is 8.78 Å². The van der Waals surface area contributed by atoms with Gasteiger partial charge in [-0.2, -0.15) is 0 Å². The maximum atomic E-state index is 13.1. The molecule has 2 aromatic rings. The van der Waals surface area contributed by atoms with Gasteiger partial charge in [0.25, 0.3) is 6.43 Å². The number of halogens is 2. The highest BCUT2D eigenvalue weighted by molar-refractivity contribution is 6.04. The van der Waals surface area contributed by atoms with Crippen LogP contribution in [0, 0.1) is 0 Å². The molecular weight excluding hydrogens is 248 g/mol. The van der Waals surface area contributed by atoms with E-state index in [2.05, 4.69) is 4.99 Å². The Morgan fingerprint density at radius 1 is 1.00 bits per heavy atom. The minimum absolute atomic E-state index is 0.231. The third kappa shape index (κ3) is 3.37. The number of hydrogen-bond acceptors (Lipinski definition) is 2. The van der Waals surface area contributed by atoms with E-state index in [1.165, 1.54) is 0 Å². The molecule has 0 saturated heterocycles. The average Bonchev–Trinajstić information content (AvgIpc) is 2.46. The van der Waals surface area contributed by atoms with Gasteiger partial charge in [0.2, 0.25) is 0 Å². The van der Waals surface area contributed by atoms with E-state index in [0.29, 0.717) is 17.0 Å². The first-order chi connectivity index (χ1) is 9.20. The van der Waals surface area contributed by atoms with Gasteiger partial charge < -0.3 is 4.74 Å². The van der Waals surface area contributed by atoms with Crippen LogP contribution in [0.1, 0.15) is 5.56 Å². The molecule has 0 aliphatic heterocycles. The van der Waals surface area contributed by atoms with Crippen LogP contribution < -0.4 is 4.74 Å². The lowest BCUT2D eigenvalue weighted by atomic mass is 10.1. The van der Waals surface area contributed by atoms with Crippen molar-refractivity contribution in [2.45, 2.75) is 6.43 Å². The highest BCUT2D eigenvalue weighted by Crippen LogP contribution is 2.20. The fourth-order valence-corrected chi connectivity index (χ4v) is 1.64. The molecule has 98 valence electrons. The lowest BCUT2D eigenvalue weighted by molar-refractivity contribution is 0.226. The Bertz CT molecular complexity index is 550. The van der Waals surface area contributed by atoms with Gasteiger partial charge in [0, 0.05) is 5.56 Å². The second-order valence-corrected chi connectivity index (χ2v) is 3.86. The van der Waals surface area contributed by atoms with Crippen molar-refractivity contribution in [2.24, 2.45) is 4.99 Å². The molecule has 2 rings (SSSR count). The molecule has 0 aliphatic carbocycles. The fraction of sp³-hybridized carbons (Fsp3) is 0.133. The normalized spacial score (nSPS) is 11.7. The van der Waals surface area contributed by atoms with Crippen LogP contribution in [-0.4, -0.2) is 19.2 Å². The number of rotatable bonds is 4. The molecule has 0 atom stereocenters. The lowest BCUT2D eigenvalue weighted by Gasteiger charge is -2.06. The first-order valence-corrected chi connectivity index (χ1v) is 5.77. The van der Waals surface area contributed by atoms with Gasteiger partial charge in [-0.1, -0.05) is 30.3 Å². The summed E-state index contributed by atoms with van der Waals surface area (Å²) in [6, 6.07) is 15.1. The molecule has 0 radical (unpaired) electrons. The molecule has 2 aromatic carbocycles. The van der Waals surface area contributed by atoms with Gasteiger partial charge >= 0.3 is 0 Å². The van der Waals surface area contributed by atoms with E-state index in [4.69, 9.17) is 4.74 Å². The Morgan fingerprint density at radius 2 is 1.63 bits per heavy atom. The van der Waals surface area contributed by atoms with Crippen LogP contribution in [0.5, 0.6) is 5.75 Å². The summed E-state index contributed by atoms with van der Waals surface area (Å²) in [6.45, 7) is 0. The maximum absolute atomic E-state index is 13.1. The molecular formula is C15H13F2NO. The fourth-order valence-electron chi connectivity index (χ4n) is 1.64. The van der Waals surface area contributed by atoms with Crippen LogP contribution in [0.2, 0.25) is 0 Å². The number of methoxy groups -OCH3 is 1. The summed E-state index contributed by atoms with van der Waals surface area (Å²) in [5.74, 6) is 0.664. The summed E-state index contributed by atoms with van der Waals surface area (Å²) in [4.78, 5) is 4.01. The SMILES string of the molecule is COc1ccc(N=C(c2ccccc2)C(F)F)cc1. The molecule has 0 amide bonds. The predicted molar refractivity (Wildman–Crippen MR) is 71.6 cm³/mol. The van der Waals surface area contributed by atoms with Crippen LogP contribution in [0.25, 0.3) is 0 Å². The molecule has 0 saturated carbocycles. The number of ether oxygens (including phenoxy) is 1. The Kier molecular flexibility index (Phi) is 4.23. The van der Waals surface area contributed by atoms with Crippen molar-refractivity contribution in [2.75, 3.05) is 7.11 Å². The van der Waals surface area contributed by atoms with Crippen molar-refractivity contribution < 1.29 is 13.5 Å². The first-order valence-electron chi connectivity index (χ1n) is 5.77. The van der Waals surface area contributed by atoms with Crippen molar-refractivity contribution in [3.63, 3.8) is 0 Å². The van der Waals surface area contributed by atoms with E-state index < -0.39 is 6.43 Å². The van der Waals surface area contributed by atoms with Crippen molar-refractivity contribution in [3.8, 4) is 5.75 Å². The van der Waals surface area contributed by atoms with Crippen molar-refractivity contribution in [3.05, 3.63) is 60.2 Å². The lowest BCUT2D eigenvalue weighted by Crippen LogP contribution is -2.11. The second kappa shape index (κ2) is 6.09. The van der Waals surface area contributed by atoms with Gasteiger partial charge in [-0.3, -0.25) is 0 Å². The quantitative estimate of drug-likeness (QED) is 0.760. The topological polar surface area (TPSA) is 21.6 Å². The summed E-state index contributed by atoms with van der Waals surface area (Å²) in [5.41, 5.74) is 0.666. The Balaban J connectivity index is 2.35. The monoisotopic (exact) mass is 261 g/mol. The molecule has 0 fully saturated rings. The number of benzene rings is 2. The van der Waals surface area contributed by atoms with Crippen LogP contribution in [0.15, 0.2) is 59.6 Å². The van der Waals surface area contributed by atoms with E-state index in [0.717, 1.165) is 0 Å². The number of nitrogens with zero attached hydrogens (tertiary/aromatic N) is 1. The molecule has 0 heterocycles. The third-order valence-electron chi connectivity index (χ3n) is 2.60. The Morgan fingerprint density at radius 3 is 2.16 bits per heavy atom. The molecule has 0 bridgehead atoms. The zero-order chi connectivity index (χ0) is 13.7. The molecule has 0 spiro atoms. The van der Waals surface area contributed by atoms with E-state index in [1.54, 1.807) is 61.7 Å². The van der Waals surface area contributed by atoms with Gasteiger partial charge in [-0.05, 0) is 24.3 Å². The van der Waals surface area contributed by atoms with E-state index >= 15 is 0 Å². The van der Waals surface area contributed by atoms with Crippen LogP contribution >= 0.6 is 0 Å². The first kappa shape index (κ1) is 13.2. The average molecular weight is 261 g/mol. The number of hydrogen-bond donors (Lipinski definition) is 0. The van der Waals surface area contributed by atoms with Crippen molar-refractivity contribution in [1.29, 1.82) is 0 Å². The van der Waals surface area contributed by atoms with E-state index in [-0.39, 0.29) is 5.71 Å². The van der Waals surface area contributed by atoms with Crippen molar-refractivity contribution >= 4 is 11.4 Å². The Labute approximate surface area is 110 Å². The van der Waals surface area contributed by atoms with Gasteiger partial charge in [-0.15, -0.1) is 0 Å². The minimum Gasteiger partial charge on any atom is -0.497 e. The molecule has 0 unspecified atom stereocenters. The van der Waals surface area contributed by atoms with Gasteiger partial charge in [-0.25, -0.2) is 13.8 Å². The minimum atomic E-state index is -2.62. The molecule has 19 heavy (non-hydrogen) atoms. The molecule has 4 heteroatoms. The molecule has 2 nitrogen and oxygen atoms in total. The highest BCUT2D eigenvalue weighted by Gasteiger charge is 2.15. The van der Waals surface area contributed by atoms with Crippen LogP contribution in [0.3, 0.4) is 0 Å². The van der Waals surface area contributed by atoms with Crippen LogP contribution in [0.4, 0.5) is 14.5 Å². The molecule has 0 N–H and O–H groups in total. The van der Waals surface area contributed by atoms with Crippen molar-refractivity contribution in [1.82, 2.24) is 0 Å². The summed E-state index contributed by atoms with van der Waals surface area (Å²) < 4.78 is 31.1. The number of alkyl halides is 2. The van der Waals surface area contributed by atoms with E-state index in [1.807, 2.05) is 0 Å². The van der Waals surface area contributed by atoms with Gasteiger partial charge in [0.1, 0.15) is 11.5 Å². The number of aliphatic imine (C=N–C) groups is 1. The summed E-state index contributed by atoms with van der Waals surface area (Å²) >= 11 is 0.